The molecule has 2 N–H and O–H groups in total. The lowest BCUT2D eigenvalue weighted by atomic mass is 9.99. The molecular weight excluding hydrogens is 442 g/mol. The van der Waals surface area contributed by atoms with Crippen molar-refractivity contribution >= 4 is 23.2 Å². The third-order valence-electron chi connectivity index (χ3n) is 4.77. The van der Waals surface area contributed by atoms with Crippen LogP contribution >= 0.6 is 11.3 Å². The summed E-state index contributed by atoms with van der Waals surface area (Å²) < 4.78 is 9.60. The highest BCUT2D eigenvalue weighted by Gasteiger charge is 2.22. The molecule has 33 heavy (non-hydrogen) atoms. The minimum atomic E-state index is -0.821. The predicted molar refractivity (Wildman–Crippen MR) is 131 cm³/mol. The molecule has 7 nitrogen and oxygen atoms in total. The van der Waals surface area contributed by atoms with E-state index in [-0.39, 0.29) is 17.2 Å². The van der Waals surface area contributed by atoms with Gasteiger partial charge in [0.2, 0.25) is 0 Å². The van der Waals surface area contributed by atoms with E-state index >= 15 is 0 Å². The van der Waals surface area contributed by atoms with Crippen molar-refractivity contribution in [1.82, 2.24) is 5.32 Å². The smallest absolute Gasteiger partial charge is 0.410 e. The van der Waals surface area contributed by atoms with Crippen molar-refractivity contribution in [3.8, 4) is 5.75 Å². The first-order valence-corrected chi connectivity index (χ1v) is 11.9. The molecule has 1 atom stereocenters. The van der Waals surface area contributed by atoms with Crippen LogP contribution in [0.5, 0.6) is 5.75 Å². The van der Waals surface area contributed by atoms with Gasteiger partial charge in [-0.2, -0.15) is 0 Å². The quantitative estimate of drug-likeness (QED) is 0.433. The maximum atomic E-state index is 12.0. The molecule has 1 unspecified atom stereocenters. The van der Waals surface area contributed by atoms with Gasteiger partial charge >= 0.3 is 11.7 Å². The minimum Gasteiger partial charge on any atom is -0.507 e. The van der Waals surface area contributed by atoms with Gasteiger partial charge in [-0.3, -0.25) is 10.1 Å². The Bertz CT molecular complexity index is 989. The number of aryl methyl sites for hydroxylation is 2. The summed E-state index contributed by atoms with van der Waals surface area (Å²) in [5, 5.41) is 12.4. The van der Waals surface area contributed by atoms with Gasteiger partial charge in [0, 0.05) is 33.9 Å². The SMILES string of the molecule is CCCc1ccc(C)s1.COC(=O)N/C=C/CCC(C)c1cc(O)c(C(=O)C(C)C)c(=O)o1. The molecule has 0 aromatic carbocycles. The van der Waals surface area contributed by atoms with Crippen LogP contribution in [0.4, 0.5) is 4.79 Å². The number of nitrogens with one attached hydrogen (secondary N) is 1. The molecule has 2 heterocycles. The number of carbonyl (C=O) groups is 2. The van der Waals surface area contributed by atoms with Crippen molar-refractivity contribution in [3.63, 3.8) is 0 Å². The van der Waals surface area contributed by atoms with E-state index in [2.05, 4.69) is 36.0 Å². The zero-order valence-electron chi connectivity index (χ0n) is 20.3. The maximum Gasteiger partial charge on any atom is 0.410 e. The molecule has 0 aliphatic heterocycles. The van der Waals surface area contributed by atoms with Crippen molar-refractivity contribution in [1.29, 1.82) is 0 Å². The fourth-order valence-corrected chi connectivity index (χ4v) is 3.87. The third kappa shape index (κ3) is 9.65. The number of allylic oxidation sites excluding steroid dienone is 1. The van der Waals surface area contributed by atoms with E-state index in [9.17, 15) is 19.5 Å². The number of Topliss-reactive ketones (excluding diaryl/α,β-unsaturated/α-hetero) is 1. The Labute approximate surface area is 199 Å². The highest BCUT2D eigenvalue weighted by molar-refractivity contribution is 7.11. The molecule has 1 amide bonds. The number of amides is 1. The summed E-state index contributed by atoms with van der Waals surface area (Å²) in [6, 6.07) is 5.73. The van der Waals surface area contributed by atoms with Crippen LogP contribution in [-0.2, 0) is 11.2 Å². The van der Waals surface area contributed by atoms with E-state index in [1.54, 1.807) is 19.9 Å². The van der Waals surface area contributed by atoms with E-state index in [0.717, 1.165) is 0 Å². The average Bonchev–Trinajstić information content (AvgIpc) is 3.17. The Hall–Kier alpha value is -2.87. The number of carbonyl (C=O) groups excluding carboxylic acids is 2. The molecule has 0 bridgehead atoms. The average molecular weight is 478 g/mol. The maximum absolute atomic E-state index is 12.0. The van der Waals surface area contributed by atoms with Crippen LogP contribution in [0.1, 0.15) is 78.7 Å². The Kier molecular flexibility index (Phi) is 12.2. The largest absolute Gasteiger partial charge is 0.507 e. The van der Waals surface area contributed by atoms with Crippen LogP contribution in [0.25, 0.3) is 0 Å². The Morgan fingerprint density at radius 3 is 2.48 bits per heavy atom. The van der Waals surface area contributed by atoms with Crippen LogP contribution in [0, 0.1) is 12.8 Å². The second-order valence-corrected chi connectivity index (χ2v) is 9.37. The number of alkyl carbamates (subject to hydrolysis) is 1. The van der Waals surface area contributed by atoms with Gasteiger partial charge in [0.1, 0.15) is 17.1 Å². The number of rotatable bonds is 9. The number of methoxy groups -OCH3 is 1. The first kappa shape index (κ1) is 28.2. The standard InChI is InChI=1S/C17H23NO6.C8H12S/c1-10(2)15(20)14-12(19)9-13(24-16(14)21)11(3)7-5-6-8-18-17(22)23-4;1-3-4-8-6-5-7(2)9-8/h6,8-11,19H,5,7H2,1-4H3,(H,18,22);5-6H,3-4H2,1-2H3/b8-6+;. The summed E-state index contributed by atoms with van der Waals surface area (Å²) in [5.74, 6) is -1.04. The predicted octanol–water partition coefficient (Wildman–Crippen LogP) is 5.95. The molecular formula is C25H35NO6S. The highest BCUT2D eigenvalue weighted by atomic mass is 32.1. The fraction of sp³-hybridized carbons (Fsp3) is 0.480. The van der Waals surface area contributed by atoms with Crippen LogP contribution < -0.4 is 10.9 Å². The molecule has 0 saturated heterocycles. The molecule has 0 fully saturated rings. The van der Waals surface area contributed by atoms with Gasteiger partial charge < -0.3 is 14.3 Å². The zero-order valence-corrected chi connectivity index (χ0v) is 21.1. The number of thiophene rings is 1. The van der Waals surface area contributed by atoms with Gasteiger partial charge in [0.15, 0.2) is 5.78 Å². The van der Waals surface area contributed by atoms with Crippen LogP contribution in [0.3, 0.4) is 0 Å². The lowest BCUT2D eigenvalue weighted by molar-refractivity contribution is 0.0931. The van der Waals surface area contributed by atoms with Crippen molar-refractivity contribution < 1.29 is 23.8 Å². The van der Waals surface area contributed by atoms with Crippen molar-refractivity contribution in [2.45, 2.75) is 66.2 Å². The number of ketones is 1. The zero-order chi connectivity index (χ0) is 25.0. The lowest BCUT2D eigenvalue weighted by Crippen LogP contribution is -2.19. The molecule has 0 spiro atoms. The fourth-order valence-electron chi connectivity index (χ4n) is 2.88. The number of ether oxygens (including phenoxy) is 1. The van der Waals surface area contributed by atoms with Crippen molar-refractivity contribution in [2.75, 3.05) is 7.11 Å². The van der Waals surface area contributed by atoms with Crippen molar-refractivity contribution in [3.05, 3.63) is 62.0 Å². The molecule has 8 heteroatoms. The summed E-state index contributed by atoms with van der Waals surface area (Å²) >= 11 is 1.91. The van der Waals surface area contributed by atoms with Gasteiger partial charge in [-0.1, -0.05) is 40.2 Å². The number of hydrogen-bond acceptors (Lipinski definition) is 7. The van der Waals surface area contributed by atoms with Gasteiger partial charge in [-0.15, -0.1) is 11.3 Å². The summed E-state index contributed by atoms with van der Waals surface area (Å²) in [7, 11) is 1.27. The topological polar surface area (TPSA) is 106 Å². The molecule has 0 radical (unpaired) electrons. The normalized spacial score (nSPS) is 11.7. The highest BCUT2D eigenvalue weighted by Crippen LogP contribution is 2.25. The van der Waals surface area contributed by atoms with E-state index in [1.165, 1.54) is 42.0 Å². The van der Waals surface area contributed by atoms with E-state index in [4.69, 9.17) is 4.42 Å². The lowest BCUT2D eigenvalue weighted by Gasteiger charge is -2.11. The summed E-state index contributed by atoms with van der Waals surface area (Å²) in [5.41, 5.74) is -1.12. The Balaban J connectivity index is 0.000000502. The molecule has 2 aromatic heterocycles. The van der Waals surface area contributed by atoms with Gasteiger partial charge in [0.05, 0.1) is 7.11 Å². The van der Waals surface area contributed by atoms with Gasteiger partial charge in [-0.25, -0.2) is 9.59 Å². The van der Waals surface area contributed by atoms with E-state index < -0.39 is 23.4 Å². The second kappa shape index (κ2) is 14.3. The molecule has 182 valence electrons. The minimum absolute atomic E-state index is 0.144. The first-order valence-electron chi connectivity index (χ1n) is 11.1. The molecule has 0 saturated carbocycles. The van der Waals surface area contributed by atoms with Gasteiger partial charge in [0.25, 0.3) is 0 Å². The third-order valence-corrected chi connectivity index (χ3v) is 5.83. The van der Waals surface area contributed by atoms with Crippen LogP contribution in [-0.4, -0.2) is 24.1 Å². The molecule has 0 aliphatic rings. The van der Waals surface area contributed by atoms with Crippen LogP contribution in [0.15, 0.2) is 39.7 Å². The van der Waals surface area contributed by atoms with Crippen LogP contribution in [0.2, 0.25) is 0 Å². The summed E-state index contributed by atoms with van der Waals surface area (Å²) in [4.78, 5) is 37.7. The summed E-state index contributed by atoms with van der Waals surface area (Å²) in [6.45, 7) is 9.50. The second-order valence-electron chi connectivity index (χ2n) is 7.99. The number of aromatic hydroxyl groups is 1. The van der Waals surface area contributed by atoms with E-state index in [0.29, 0.717) is 18.6 Å². The Morgan fingerprint density at radius 1 is 1.27 bits per heavy atom. The number of hydrogen-bond donors (Lipinski definition) is 2. The molecule has 2 aromatic rings. The monoisotopic (exact) mass is 477 g/mol. The molecule has 0 aliphatic carbocycles. The summed E-state index contributed by atoms with van der Waals surface area (Å²) in [6.07, 6.45) is 6.40. The van der Waals surface area contributed by atoms with E-state index in [1.807, 2.05) is 18.3 Å². The van der Waals surface area contributed by atoms with Gasteiger partial charge in [-0.05, 0) is 38.3 Å². The molecule has 2 rings (SSSR count). The first-order chi connectivity index (χ1) is 15.6. The Morgan fingerprint density at radius 2 is 1.97 bits per heavy atom. The van der Waals surface area contributed by atoms with Crippen molar-refractivity contribution in [2.24, 2.45) is 5.92 Å².